The molecule has 20 heavy (non-hydrogen) atoms. The van der Waals surface area contributed by atoms with Crippen molar-refractivity contribution in [3.05, 3.63) is 36.4 Å². The van der Waals surface area contributed by atoms with Gasteiger partial charge in [-0.2, -0.15) is 0 Å². The second-order valence-electron chi connectivity index (χ2n) is 4.77. The van der Waals surface area contributed by atoms with Crippen LogP contribution in [0.3, 0.4) is 0 Å². The first kappa shape index (κ1) is 20.4. The molecule has 0 spiro atoms. The average Bonchev–Trinajstić information content (AvgIpc) is 2.46. The molecule has 1 aliphatic rings. The molecule has 2 rings (SSSR count). The number of aliphatic imine (C=N–C) groups is 1. The Hall–Kier alpha value is 0.369. The van der Waals surface area contributed by atoms with Crippen molar-refractivity contribution in [1.29, 1.82) is 0 Å². The van der Waals surface area contributed by atoms with Crippen LogP contribution >= 0.6 is 0 Å². The van der Waals surface area contributed by atoms with Crippen molar-refractivity contribution in [2.45, 2.75) is 53.0 Å². The summed E-state index contributed by atoms with van der Waals surface area (Å²) < 4.78 is 0. The molecule has 0 aliphatic carbocycles. The smallest absolute Gasteiger partial charge is 0.0659 e. The molecular formula is C17H27N2Yb-. The molecule has 0 amide bonds. The van der Waals surface area contributed by atoms with Gasteiger partial charge in [0.15, 0.2) is 0 Å². The fourth-order valence-electron chi connectivity index (χ4n) is 2.18. The van der Waals surface area contributed by atoms with Crippen LogP contribution in [0.2, 0.25) is 0 Å². The molecule has 1 heterocycles. The minimum absolute atomic E-state index is 0. The Morgan fingerprint density at radius 2 is 1.95 bits per heavy atom. The molecule has 0 radical (unpaired) electrons. The number of benzene rings is 1. The van der Waals surface area contributed by atoms with Gasteiger partial charge in [-0.05, 0) is 43.3 Å². The summed E-state index contributed by atoms with van der Waals surface area (Å²) in [5.41, 5.74) is 3.79. The summed E-state index contributed by atoms with van der Waals surface area (Å²) >= 11 is 0. The van der Waals surface area contributed by atoms with Gasteiger partial charge in [0.25, 0.3) is 0 Å². The van der Waals surface area contributed by atoms with Crippen LogP contribution in [-0.2, 0) is 6.42 Å². The first-order valence-corrected chi connectivity index (χ1v) is 7.40. The molecule has 1 fully saturated rings. The molecule has 0 N–H and O–H groups in total. The molecule has 3 heteroatoms. The van der Waals surface area contributed by atoms with E-state index in [1.165, 1.54) is 11.3 Å². The normalized spacial score (nSPS) is 20.9. The first-order chi connectivity index (χ1) is 9.20. The van der Waals surface area contributed by atoms with Gasteiger partial charge in [-0.1, -0.05) is 45.9 Å². The zero-order valence-electron chi connectivity index (χ0n) is 13.2. The Morgan fingerprint density at radius 1 is 1.30 bits per heavy atom. The van der Waals surface area contributed by atoms with E-state index in [1.807, 2.05) is 13.8 Å². The molecule has 120 valence electrons. The second-order valence-corrected chi connectivity index (χ2v) is 4.77. The topological polar surface area (TPSA) is 15.6 Å². The van der Waals surface area contributed by atoms with E-state index in [0.717, 1.165) is 24.9 Å². The number of para-hydroxylation sites is 1. The van der Waals surface area contributed by atoms with Crippen LogP contribution < -0.4 is 0 Å². The van der Waals surface area contributed by atoms with Gasteiger partial charge in [-0.15, -0.1) is 6.42 Å². The third kappa shape index (κ3) is 6.01. The van der Waals surface area contributed by atoms with Gasteiger partial charge in [0.05, 0.1) is 5.69 Å². The summed E-state index contributed by atoms with van der Waals surface area (Å²) in [7, 11) is 2.14. The Morgan fingerprint density at radius 3 is 2.55 bits per heavy atom. The van der Waals surface area contributed by atoms with E-state index in [9.17, 15) is 0 Å². The maximum Gasteiger partial charge on any atom is 0.0659 e. The number of likely N-dealkylation sites (tertiary alicyclic amines) is 1. The Kier molecular flexibility index (Phi) is 11.2. The van der Waals surface area contributed by atoms with Crippen LogP contribution in [0.15, 0.2) is 29.3 Å². The average molecular weight is 432 g/mol. The maximum atomic E-state index is 4.83. The number of nitrogens with zero attached hydrogens (tertiary/aromatic N) is 2. The van der Waals surface area contributed by atoms with Crippen molar-refractivity contribution < 1.29 is 46.9 Å². The molecule has 1 unspecified atom stereocenters. The summed E-state index contributed by atoms with van der Waals surface area (Å²) in [5, 5.41) is 0. The quantitative estimate of drug-likeness (QED) is 0.623. The van der Waals surface area contributed by atoms with Gasteiger partial charge in [0.1, 0.15) is 0 Å². The summed E-state index contributed by atoms with van der Waals surface area (Å²) in [5.74, 6) is 0. The number of hydrogen-bond acceptors (Lipinski definition) is 2. The number of hydrogen-bond donors (Lipinski definition) is 0. The van der Waals surface area contributed by atoms with Gasteiger partial charge in [0, 0.05) is 46.9 Å². The fourth-order valence-corrected chi connectivity index (χ4v) is 2.18. The Labute approximate surface area is 163 Å². The fraction of sp³-hybridized carbons (Fsp3) is 0.529. The third-order valence-corrected chi connectivity index (χ3v) is 3.49. The van der Waals surface area contributed by atoms with Gasteiger partial charge >= 0.3 is 0 Å². The van der Waals surface area contributed by atoms with Gasteiger partial charge in [0.2, 0.25) is 0 Å². The van der Waals surface area contributed by atoms with Crippen molar-refractivity contribution in [1.82, 2.24) is 4.90 Å². The molecule has 1 aliphatic heterocycles. The van der Waals surface area contributed by atoms with E-state index in [0.29, 0.717) is 6.04 Å². The molecule has 1 aromatic carbocycles. The molecule has 0 saturated carbocycles. The third-order valence-electron chi connectivity index (χ3n) is 3.49. The summed E-state index contributed by atoms with van der Waals surface area (Å²) in [6.45, 7) is 10.7. The standard InChI is InChI=1S/C15H21N2.C2H6.Yb/c1-4-13-7-5-6-8-15(13)16-14-9-10-17(3)12(2)11-14;1-2;/h5-8,10,12H,4,9,11H2,1-3H3;1-2H3;/q-1;;. The van der Waals surface area contributed by atoms with E-state index >= 15 is 0 Å². The summed E-state index contributed by atoms with van der Waals surface area (Å²) in [6.07, 6.45) is 3.11. The van der Waals surface area contributed by atoms with E-state index in [-0.39, 0.29) is 46.9 Å². The zero-order chi connectivity index (χ0) is 14.3. The van der Waals surface area contributed by atoms with Crippen molar-refractivity contribution in [2.75, 3.05) is 7.05 Å². The van der Waals surface area contributed by atoms with E-state index in [4.69, 9.17) is 4.99 Å². The van der Waals surface area contributed by atoms with Crippen LogP contribution in [0, 0.1) is 53.5 Å². The van der Waals surface area contributed by atoms with Crippen molar-refractivity contribution >= 4 is 11.4 Å². The minimum atomic E-state index is 0. The van der Waals surface area contributed by atoms with E-state index < -0.39 is 0 Å². The van der Waals surface area contributed by atoms with Crippen molar-refractivity contribution in [3.8, 4) is 0 Å². The van der Waals surface area contributed by atoms with Gasteiger partial charge < -0.3 is 4.90 Å². The minimum Gasteiger partial charge on any atom is -0.456 e. The zero-order valence-corrected chi connectivity index (χ0v) is 15.0. The second kappa shape index (κ2) is 11.0. The Bertz CT molecular complexity index is 415. The van der Waals surface area contributed by atoms with Crippen molar-refractivity contribution in [3.63, 3.8) is 0 Å². The Balaban J connectivity index is 0.00000115. The van der Waals surface area contributed by atoms with Crippen LogP contribution in [0.4, 0.5) is 5.69 Å². The molecular weight excluding hydrogens is 405 g/mol. The molecule has 1 saturated heterocycles. The molecule has 1 atom stereocenters. The predicted molar refractivity (Wildman–Crippen MR) is 85.0 cm³/mol. The number of piperidine rings is 1. The number of rotatable bonds is 2. The van der Waals surface area contributed by atoms with Gasteiger partial charge in [-0.25, -0.2) is 0 Å². The van der Waals surface area contributed by atoms with Crippen LogP contribution in [0.5, 0.6) is 0 Å². The maximum absolute atomic E-state index is 4.83. The SMILES string of the molecule is CC.CCc1ccccc1N=C1C[CH-]N(C)C(C)C1.[Yb]. The largest absolute Gasteiger partial charge is 0.456 e. The summed E-state index contributed by atoms with van der Waals surface area (Å²) in [6, 6.07) is 9.01. The monoisotopic (exact) mass is 433 g/mol. The molecule has 0 bridgehead atoms. The van der Waals surface area contributed by atoms with E-state index in [1.54, 1.807) is 0 Å². The van der Waals surface area contributed by atoms with E-state index in [2.05, 4.69) is 56.6 Å². The summed E-state index contributed by atoms with van der Waals surface area (Å²) in [4.78, 5) is 7.11. The number of aryl methyl sites for hydroxylation is 1. The molecule has 1 aromatic rings. The van der Waals surface area contributed by atoms with Crippen LogP contribution in [-0.4, -0.2) is 23.7 Å². The van der Waals surface area contributed by atoms with Crippen LogP contribution in [0.1, 0.15) is 46.1 Å². The predicted octanol–water partition coefficient (Wildman–Crippen LogP) is 4.62. The van der Waals surface area contributed by atoms with Crippen molar-refractivity contribution in [2.24, 2.45) is 4.99 Å². The molecule has 0 aromatic heterocycles. The first-order valence-electron chi connectivity index (χ1n) is 7.40. The van der Waals surface area contributed by atoms with Gasteiger partial charge in [-0.3, -0.25) is 11.5 Å². The van der Waals surface area contributed by atoms with Crippen LogP contribution in [0.25, 0.3) is 0 Å². The molecule has 2 nitrogen and oxygen atoms in total.